The Morgan fingerprint density at radius 1 is 1.03 bits per heavy atom. The van der Waals surface area contributed by atoms with Crippen molar-refractivity contribution >= 4 is 27.8 Å². The number of aldehydes is 1. The minimum absolute atomic E-state index is 0.00245. The van der Waals surface area contributed by atoms with Gasteiger partial charge in [-0.25, -0.2) is 17.7 Å². The molecule has 164 valence electrons. The molecule has 0 radical (unpaired) electrons. The van der Waals surface area contributed by atoms with Gasteiger partial charge in [0.25, 0.3) is 10.0 Å². The van der Waals surface area contributed by atoms with Gasteiger partial charge in [0.15, 0.2) is 5.82 Å². The van der Waals surface area contributed by atoms with E-state index in [0.717, 1.165) is 5.69 Å². The van der Waals surface area contributed by atoms with Crippen molar-refractivity contribution in [2.75, 3.05) is 4.31 Å². The summed E-state index contributed by atoms with van der Waals surface area (Å²) in [6, 6.07) is 17.8. The first-order valence-corrected chi connectivity index (χ1v) is 11.6. The summed E-state index contributed by atoms with van der Waals surface area (Å²) < 4.78 is 30.8. The van der Waals surface area contributed by atoms with Gasteiger partial charge in [0, 0.05) is 11.8 Å². The van der Waals surface area contributed by atoms with Gasteiger partial charge in [0.2, 0.25) is 0 Å². The maximum atomic E-state index is 13.8. The molecular weight excluding hydrogens is 426 g/mol. The number of pyridine rings is 1. The Kier molecular flexibility index (Phi) is 5.71. The molecule has 0 aliphatic heterocycles. The van der Waals surface area contributed by atoms with Gasteiger partial charge in [-0.05, 0) is 47.9 Å². The van der Waals surface area contributed by atoms with Crippen molar-refractivity contribution in [2.45, 2.75) is 31.2 Å². The van der Waals surface area contributed by atoms with E-state index >= 15 is 0 Å². The second-order valence-corrected chi connectivity index (χ2v) is 9.63. The molecule has 1 N–H and O–H groups in total. The minimum Gasteiger partial charge on any atom is -0.508 e. The van der Waals surface area contributed by atoms with E-state index in [2.05, 4.69) is 4.98 Å². The van der Waals surface area contributed by atoms with E-state index in [1.54, 1.807) is 12.1 Å². The molecule has 2 heterocycles. The first kappa shape index (κ1) is 21.6. The molecule has 8 heteroatoms. The molecule has 0 unspecified atom stereocenters. The number of aromatic nitrogens is 2. The highest BCUT2D eigenvalue weighted by Gasteiger charge is 2.31. The zero-order valence-corrected chi connectivity index (χ0v) is 18.5. The van der Waals surface area contributed by atoms with Gasteiger partial charge in [0.05, 0.1) is 17.1 Å². The molecule has 4 aromatic rings. The summed E-state index contributed by atoms with van der Waals surface area (Å²) in [5.41, 5.74) is 2.51. The number of anilines is 1. The van der Waals surface area contributed by atoms with Crippen molar-refractivity contribution in [1.29, 1.82) is 0 Å². The summed E-state index contributed by atoms with van der Waals surface area (Å²) in [5, 5.41) is 9.63. The predicted molar refractivity (Wildman–Crippen MR) is 123 cm³/mol. The van der Waals surface area contributed by atoms with Crippen LogP contribution in [0.3, 0.4) is 0 Å². The molecule has 4 rings (SSSR count). The summed E-state index contributed by atoms with van der Waals surface area (Å²) in [6.45, 7) is 4.01. The highest BCUT2D eigenvalue weighted by molar-refractivity contribution is 7.92. The number of phenols is 1. The summed E-state index contributed by atoms with van der Waals surface area (Å²) >= 11 is 0. The zero-order chi connectivity index (χ0) is 22.9. The number of imidazole rings is 1. The van der Waals surface area contributed by atoms with Crippen LogP contribution in [0, 0.1) is 0 Å². The van der Waals surface area contributed by atoms with Crippen molar-refractivity contribution in [1.82, 2.24) is 9.38 Å². The second-order valence-electron chi connectivity index (χ2n) is 7.77. The zero-order valence-electron chi connectivity index (χ0n) is 17.7. The number of carbonyl (C=O) groups is 1. The van der Waals surface area contributed by atoms with Crippen LogP contribution in [0.1, 0.15) is 41.4 Å². The average Bonchev–Trinajstić information content (AvgIpc) is 3.18. The quantitative estimate of drug-likeness (QED) is 0.423. The molecule has 2 aromatic carbocycles. The number of nitrogens with zero attached hydrogens (tertiary/aromatic N) is 3. The summed E-state index contributed by atoms with van der Waals surface area (Å²) in [5.74, 6) is 0.444. The second kappa shape index (κ2) is 8.47. The molecule has 2 aromatic heterocycles. The number of aromatic hydroxyl groups is 1. The monoisotopic (exact) mass is 449 g/mol. The Morgan fingerprint density at radius 2 is 1.72 bits per heavy atom. The largest absolute Gasteiger partial charge is 0.508 e. The van der Waals surface area contributed by atoms with Crippen LogP contribution in [0.2, 0.25) is 0 Å². The topological polar surface area (TPSA) is 92.0 Å². The number of benzene rings is 2. The lowest BCUT2D eigenvalue weighted by Gasteiger charge is -2.25. The van der Waals surface area contributed by atoms with Crippen molar-refractivity contribution < 1.29 is 18.3 Å². The number of carbonyl (C=O) groups excluding carboxylic acids is 1. The van der Waals surface area contributed by atoms with Crippen molar-refractivity contribution in [3.05, 3.63) is 89.7 Å². The smallest absolute Gasteiger partial charge is 0.265 e. The van der Waals surface area contributed by atoms with Crippen LogP contribution in [-0.2, 0) is 16.6 Å². The predicted octanol–water partition coefficient (Wildman–Crippen LogP) is 4.37. The minimum atomic E-state index is -4.01. The van der Waals surface area contributed by atoms with E-state index in [1.165, 1.54) is 40.7 Å². The van der Waals surface area contributed by atoms with Crippen molar-refractivity contribution in [2.24, 2.45) is 0 Å². The number of fused-ring (bicyclic) bond motifs is 1. The van der Waals surface area contributed by atoms with Crippen LogP contribution in [-0.4, -0.2) is 29.2 Å². The molecule has 0 saturated heterocycles. The number of hydrogen-bond donors (Lipinski definition) is 1. The first-order valence-electron chi connectivity index (χ1n) is 10.1. The Balaban J connectivity index is 1.92. The lowest BCUT2D eigenvalue weighted by Crippen LogP contribution is -2.32. The fourth-order valence-corrected chi connectivity index (χ4v) is 5.02. The maximum absolute atomic E-state index is 13.8. The molecule has 0 aliphatic rings. The molecule has 0 amide bonds. The van der Waals surface area contributed by atoms with Crippen molar-refractivity contribution in [3.8, 4) is 5.75 Å². The Morgan fingerprint density at radius 3 is 2.34 bits per heavy atom. The number of sulfonamides is 1. The Hall–Kier alpha value is -3.65. The molecule has 0 bridgehead atoms. The van der Waals surface area contributed by atoms with Gasteiger partial charge < -0.3 is 9.51 Å². The molecule has 32 heavy (non-hydrogen) atoms. The fourth-order valence-electron chi connectivity index (χ4n) is 3.61. The SMILES string of the molecule is CC(C)c1c(N(Cc2ccc(O)cc2)S(=O)(=O)c2ccc(C=O)cc2)nc2ccccn12. The third-order valence-electron chi connectivity index (χ3n) is 5.20. The van der Waals surface area contributed by atoms with Gasteiger partial charge in [-0.1, -0.05) is 44.2 Å². The van der Waals surface area contributed by atoms with Gasteiger partial charge in [0.1, 0.15) is 17.7 Å². The van der Waals surface area contributed by atoms with Crippen LogP contribution in [0.25, 0.3) is 5.65 Å². The van der Waals surface area contributed by atoms with E-state index in [1.807, 2.05) is 42.6 Å². The summed E-state index contributed by atoms with van der Waals surface area (Å²) in [4.78, 5) is 15.8. The highest BCUT2D eigenvalue weighted by atomic mass is 32.2. The van der Waals surface area contributed by atoms with Crippen LogP contribution in [0.15, 0.2) is 77.8 Å². The van der Waals surface area contributed by atoms with Crippen LogP contribution in [0.4, 0.5) is 5.82 Å². The van der Waals surface area contributed by atoms with Crippen molar-refractivity contribution in [3.63, 3.8) is 0 Å². The van der Waals surface area contributed by atoms with Gasteiger partial charge >= 0.3 is 0 Å². The maximum Gasteiger partial charge on any atom is 0.265 e. The summed E-state index contributed by atoms with van der Waals surface area (Å²) in [7, 11) is -4.01. The highest BCUT2D eigenvalue weighted by Crippen LogP contribution is 2.33. The van der Waals surface area contributed by atoms with E-state index in [9.17, 15) is 18.3 Å². The van der Waals surface area contributed by atoms with E-state index in [-0.39, 0.29) is 23.1 Å². The average molecular weight is 450 g/mol. The van der Waals surface area contributed by atoms with E-state index < -0.39 is 10.0 Å². The molecule has 0 saturated carbocycles. The standard InChI is InChI=1S/C24H23N3O4S/c1-17(2)23-24(25-22-5-3-4-14-26(22)23)27(15-18-6-10-20(29)11-7-18)32(30,31)21-12-8-19(16-28)9-13-21/h3-14,16-17,29H,15H2,1-2H3. The first-order chi connectivity index (χ1) is 15.3. The Labute approximate surface area is 186 Å². The fraction of sp³-hybridized carbons (Fsp3) is 0.167. The van der Waals surface area contributed by atoms with Gasteiger partial charge in [-0.3, -0.25) is 4.79 Å². The van der Waals surface area contributed by atoms with Crippen LogP contribution >= 0.6 is 0 Å². The van der Waals surface area contributed by atoms with Crippen LogP contribution in [0.5, 0.6) is 5.75 Å². The lowest BCUT2D eigenvalue weighted by molar-refractivity contribution is 0.112. The number of hydrogen-bond acceptors (Lipinski definition) is 5. The molecule has 0 aliphatic carbocycles. The lowest BCUT2D eigenvalue weighted by atomic mass is 10.1. The van der Waals surface area contributed by atoms with E-state index in [0.29, 0.717) is 28.9 Å². The van der Waals surface area contributed by atoms with Gasteiger partial charge in [-0.15, -0.1) is 0 Å². The normalized spacial score (nSPS) is 11.7. The molecule has 0 fully saturated rings. The van der Waals surface area contributed by atoms with E-state index in [4.69, 9.17) is 0 Å². The third-order valence-corrected chi connectivity index (χ3v) is 6.95. The molecule has 0 atom stereocenters. The molecule has 7 nitrogen and oxygen atoms in total. The summed E-state index contributed by atoms with van der Waals surface area (Å²) in [6.07, 6.45) is 2.54. The Bertz CT molecular complexity index is 1360. The molecular formula is C24H23N3O4S. The number of rotatable bonds is 7. The number of phenolic OH excluding ortho intramolecular Hbond substituents is 1. The molecule has 0 spiro atoms. The third kappa shape index (κ3) is 3.97. The van der Waals surface area contributed by atoms with Crippen LogP contribution < -0.4 is 4.31 Å². The van der Waals surface area contributed by atoms with Gasteiger partial charge in [-0.2, -0.15) is 0 Å².